The summed E-state index contributed by atoms with van der Waals surface area (Å²) in [6.07, 6.45) is 1.96. The van der Waals surface area contributed by atoms with E-state index in [1.807, 2.05) is 19.1 Å². The molecular formula is C26H27N3O4S. The third kappa shape index (κ3) is 4.68. The predicted octanol–water partition coefficient (Wildman–Crippen LogP) is 4.31. The van der Waals surface area contributed by atoms with Gasteiger partial charge in [-0.1, -0.05) is 30.3 Å². The summed E-state index contributed by atoms with van der Waals surface area (Å²) in [5, 5.41) is 2.86. The maximum atomic E-state index is 13.0. The van der Waals surface area contributed by atoms with Gasteiger partial charge in [-0.2, -0.15) is 0 Å². The monoisotopic (exact) mass is 477 g/mol. The Hall–Kier alpha value is -3.65. The van der Waals surface area contributed by atoms with E-state index in [1.165, 1.54) is 35.6 Å². The minimum absolute atomic E-state index is 0.0798. The molecule has 0 atom stereocenters. The topological polar surface area (TPSA) is 86.8 Å². The molecule has 0 bridgehead atoms. The summed E-state index contributed by atoms with van der Waals surface area (Å²) in [4.78, 5) is 27.8. The summed E-state index contributed by atoms with van der Waals surface area (Å²) < 4.78 is 27.2. The third-order valence-corrected chi connectivity index (χ3v) is 7.83. The van der Waals surface area contributed by atoms with Crippen LogP contribution in [0.4, 0.5) is 11.4 Å². The predicted molar refractivity (Wildman–Crippen MR) is 133 cm³/mol. The highest BCUT2D eigenvalue weighted by atomic mass is 32.2. The third-order valence-electron chi connectivity index (χ3n) is 6.03. The van der Waals surface area contributed by atoms with Crippen LogP contribution in [0.5, 0.6) is 0 Å². The van der Waals surface area contributed by atoms with Gasteiger partial charge in [0.05, 0.1) is 21.8 Å². The fourth-order valence-electron chi connectivity index (χ4n) is 4.00. The lowest BCUT2D eigenvalue weighted by Crippen LogP contribution is -2.29. The van der Waals surface area contributed by atoms with Crippen LogP contribution in [0.25, 0.3) is 0 Å². The molecule has 3 aromatic rings. The van der Waals surface area contributed by atoms with Gasteiger partial charge in [-0.15, -0.1) is 0 Å². The number of sulfonamides is 1. The Labute approximate surface area is 200 Å². The lowest BCUT2D eigenvalue weighted by Gasteiger charge is -2.20. The zero-order valence-electron chi connectivity index (χ0n) is 19.2. The lowest BCUT2D eigenvalue weighted by molar-refractivity contribution is 0.0793. The standard InChI is InChI=1S/C26H27N3O4S/c1-19-9-8-12-23(26(31)29-17-6-7-18-29)24(19)27-25(30)20-13-15-22(16-14-20)34(32,33)28(2)21-10-4-3-5-11-21/h3-5,8-16H,6-7,17-18H2,1-2H3,(H,27,30). The lowest BCUT2D eigenvalue weighted by atomic mass is 10.1. The van der Waals surface area contributed by atoms with Crippen molar-refractivity contribution in [2.75, 3.05) is 29.8 Å². The molecule has 3 aromatic carbocycles. The molecule has 176 valence electrons. The van der Waals surface area contributed by atoms with Gasteiger partial charge in [-0.25, -0.2) is 8.42 Å². The maximum Gasteiger partial charge on any atom is 0.264 e. The van der Waals surface area contributed by atoms with Crippen molar-refractivity contribution in [1.82, 2.24) is 4.90 Å². The molecule has 34 heavy (non-hydrogen) atoms. The van der Waals surface area contributed by atoms with Crippen LogP contribution in [-0.2, 0) is 10.0 Å². The number of hydrogen-bond donors (Lipinski definition) is 1. The molecule has 0 aliphatic carbocycles. The van der Waals surface area contributed by atoms with Gasteiger partial charge < -0.3 is 10.2 Å². The first kappa shape index (κ1) is 23.5. The molecule has 0 spiro atoms. The Morgan fingerprint density at radius 2 is 1.53 bits per heavy atom. The molecule has 0 radical (unpaired) electrons. The molecule has 1 fully saturated rings. The molecule has 7 nitrogen and oxygen atoms in total. The van der Waals surface area contributed by atoms with Crippen LogP contribution in [-0.4, -0.2) is 45.3 Å². The second-order valence-electron chi connectivity index (χ2n) is 8.28. The normalized spacial score (nSPS) is 13.5. The van der Waals surface area contributed by atoms with Crippen molar-refractivity contribution in [3.05, 3.63) is 89.5 Å². The van der Waals surface area contributed by atoms with E-state index >= 15 is 0 Å². The number of aryl methyl sites for hydroxylation is 1. The van der Waals surface area contributed by atoms with Crippen molar-refractivity contribution >= 4 is 33.2 Å². The summed E-state index contributed by atoms with van der Waals surface area (Å²) in [5.41, 5.74) is 2.55. The quantitative estimate of drug-likeness (QED) is 0.573. The zero-order chi connectivity index (χ0) is 24.3. The highest BCUT2D eigenvalue weighted by Gasteiger charge is 2.24. The van der Waals surface area contributed by atoms with E-state index in [-0.39, 0.29) is 10.8 Å². The SMILES string of the molecule is Cc1cccc(C(=O)N2CCCC2)c1NC(=O)c1ccc(S(=O)(=O)N(C)c2ccccc2)cc1. The number of amides is 2. The Balaban J connectivity index is 1.55. The van der Waals surface area contributed by atoms with Crippen molar-refractivity contribution in [2.45, 2.75) is 24.7 Å². The fraction of sp³-hybridized carbons (Fsp3) is 0.231. The molecule has 1 aliphatic rings. The number of nitrogens with one attached hydrogen (secondary N) is 1. The van der Waals surface area contributed by atoms with Crippen LogP contribution in [0.1, 0.15) is 39.1 Å². The van der Waals surface area contributed by atoms with Crippen LogP contribution < -0.4 is 9.62 Å². The Morgan fingerprint density at radius 3 is 2.18 bits per heavy atom. The first-order valence-corrected chi connectivity index (χ1v) is 12.6. The molecule has 8 heteroatoms. The molecule has 0 unspecified atom stereocenters. The second kappa shape index (κ2) is 9.69. The van der Waals surface area contributed by atoms with Crippen LogP contribution in [0, 0.1) is 6.92 Å². The summed E-state index contributed by atoms with van der Waals surface area (Å²) >= 11 is 0. The van der Waals surface area contributed by atoms with E-state index in [4.69, 9.17) is 0 Å². The van der Waals surface area contributed by atoms with E-state index in [2.05, 4.69) is 5.32 Å². The number of likely N-dealkylation sites (tertiary alicyclic amines) is 1. The molecular weight excluding hydrogens is 450 g/mol. The summed E-state index contributed by atoms with van der Waals surface area (Å²) in [6.45, 7) is 3.27. The van der Waals surface area contributed by atoms with Crippen molar-refractivity contribution in [3.8, 4) is 0 Å². The second-order valence-corrected chi connectivity index (χ2v) is 10.3. The number of rotatable bonds is 6. The number of anilines is 2. The van der Waals surface area contributed by atoms with Gasteiger partial charge >= 0.3 is 0 Å². The van der Waals surface area contributed by atoms with Crippen molar-refractivity contribution < 1.29 is 18.0 Å². The van der Waals surface area contributed by atoms with Gasteiger partial charge in [0.2, 0.25) is 0 Å². The van der Waals surface area contributed by atoms with Gasteiger partial charge in [0.1, 0.15) is 0 Å². The van der Waals surface area contributed by atoms with Crippen LogP contribution >= 0.6 is 0 Å². The van der Waals surface area contributed by atoms with Gasteiger partial charge in [-0.05, 0) is 67.8 Å². The van der Waals surface area contributed by atoms with E-state index in [1.54, 1.807) is 41.3 Å². The first-order valence-electron chi connectivity index (χ1n) is 11.1. The molecule has 0 saturated carbocycles. The van der Waals surface area contributed by atoms with Crippen molar-refractivity contribution in [1.29, 1.82) is 0 Å². The van der Waals surface area contributed by atoms with Crippen LogP contribution in [0.3, 0.4) is 0 Å². The smallest absolute Gasteiger partial charge is 0.264 e. The minimum atomic E-state index is -3.78. The van der Waals surface area contributed by atoms with Gasteiger partial charge in [0, 0.05) is 25.7 Å². The zero-order valence-corrected chi connectivity index (χ0v) is 20.0. The highest BCUT2D eigenvalue weighted by molar-refractivity contribution is 7.92. The van der Waals surface area contributed by atoms with Crippen LogP contribution in [0.15, 0.2) is 77.7 Å². The largest absolute Gasteiger partial charge is 0.339 e. The van der Waals surface area contributed by atoms with Gasteiger partial charge in [0.25, 0.3) is 21.8 Å². The molecule has 1 aliphatic heterocycles. The number of benzene rings is 3. The van der Waals surface area contributed by atoms with E-state index in [9.17, 15) is 18.0 Å². The molecule has 2 amide bonds. The molecule has 1 saturated heterocycles. The Bertz CT molecular complexity index is 1300. The minimum Gasteiger partial charge on any atom is -0.339 e. The first-order chi connectivity index (χ1) is 16.3. The van der Waals surface area contributed by atoms with E-state index < -0.39 is 15.9 Å². The summed E-state index contributed by atoms with van der Waals surface area (Å²) in [5.74, 6) is -0.507. The Kier molecular flexibility index (Phi) is 6.70. The fourth-order valence-corrected chi connectivity index (χ4v) is 5.20. The average molecular weight is 478 g/mol. The summed E-state index contributed by atoms with van der Waals surface area (Å²) in [7, 11) is -2.29. The number of carbonyl (C=O) groups excluding carboxylic acids is 2. The number of carbonyl (C=O) groups is 2. The van der Waals surface area contributed by atoms with Gasteiger partial charge in [0.15, 0.2) is 0 Å². The summed E-state index contributed by atoms with van der Waals surface area (Å²) in [6, 6.07) is 19.9. The highest BCUT2D eigenvalue weighted by Crippen LogP contribution is 2.26. The molecule has 1 heterocycles. The maximum absolute atomic E-state index is 13.0. The van der Waals surface area contributed by atoms with Crippen molar-refractivity contribution in [2.24, 2.45) is 0 Å². The molecule has 0 aromatic heterocycles. The molecule has 1 N–H and O–H groups in total. The van der Waals surface area contributed by atoms with Crippen molar-refractivity contribution in [3.63, 3.8) is 0 Å². The number of nitrogens with zero attached hydrogens (tertiary/aromatic N) is 2. The average Bonchev–Trinajstić information content (AvgIpc) is 3.40. The van der Waals surface area contributed by atoms with E-state index in [0.717, 1.165) is 18.4 Å². The van der Waals surface area contributed by atoms with Gasteiger partial charge in [-0.3, -0.25) is 13.9 Å². The Morgan fingerprint density at radius 1 is 0.882 bits per heavy atom. The number of para-hydroxylation sites is 2. The molecule has 4 rings (SSSR count). The van der Waals surface area contributed by atoms with Crippen LogP contribution in [0.2, 0.25) is 0 Å². The van der Waals surface area contributed by atoms with E-state index in [0.29, 0.717) is 35.6 Å². The number of hydrogen-bond acceptors (Lipinski definition) is 4.